The minimum absolute atomic E-state index is 0.101. The molecule has 0 bridgehead atoms. The highest BCUT2D eigenvalue weighted by molar-refractivity contribution is 7.68. The lowest BCUT2D eigenvalue weighted by Crippen LogP contribution is -2.18. The monoisotopic (exact) mass is 427 g/mol. The molecule has 9 heteroatoms. The molecule has 0 amide bonds. The molecule has 27 heavy (non-hydrogen) atoms. The molecule has 2 atom stereocenters. The summed E-state index contributed by atoms with van der Waals surface area (Å²) < 4.78 is 54.6. The van der Waals surface area contributed by atoms with Crippen LogP contribution in [0.5, 0.6) is 0 Å². The Morgan fingerprint density at radius 3 is 2.00 bits per heavy atom. The van der Waals surface area contributed by atoms with Crippen LogP contribution in [0.2, 0.25) is 0 Å². The molecule has 0 aromatic carbocycles. The Balaban J connectivity index is 4.68. The topological polar surface area (TPSA) is 83.8 Å². The van der Waals surface area contributed by atoms with E-state index in [2.05, 4.69) is 32.9 Å². The van der Waals surface area contributed by atoms with Crippen LogP contribution in [0.15, 0.2) is 34.9 Å². The maximum Gasteiger partial charge on any atom is 0.545 e. The van der Waals surface area contributed by atoms with E-state index in [9.17, 15) is 17.9 Å². The number of ether oxygens (including phenoxy) is 1. The fourth-order valence-corrected chi connectivity index (χ4v) is 4.48. The lowest BCUT2D eigenvalue weighted by atomic mass is 10.1. The Morgan fingerprint density at radius 2 is 1.56 bits per heavy atom. The van der Waals surface area contributed by atoms with Crippen LogP contribution in [0, 0.1) is 0 Å². The van der Waals surface area contributed by atoms with E-state index in [-0.39, 0.29) is 6.42 Å². The van der Waals surface area contributed by atoms with Gasteiger partial charge in [0, 0.05) is 13.5 Å². The Morgan fingerprint density at radius 1 is 1.07 bits per heavy atom. The number of rotatable bonds is 12. The van der Waals surface area contributed by atoms with Gasteiger partial charge in [-0.2, -0.15) is 0 Å². The van der Waals surface area contributed by atoms with Crippen LogP contribution in [0.4, 0.5) is 8.78 Å². The third kappa shape index (κ3) is 9.87. The first-order valence-corrected chi connectivity index (χ1v) is 11.6. The van der Waals surface area contributed by atoms with Crippen LogP contribution in [-0.4, -0.2) is 28.1 Å². The summed E-state index contributed by atoms with van der Waals surface area (Å²) in [6.45, 7) is 8.01. The van der Waals surface area contributed by atoms with Crippen molar-refractivity contribution in [3.05, 3.63) is 34.9 Å². The van der Waals surface area contributed by atoms with Crippen molar-refractivity contribution in [2.75, 3.05) is 7.11 Å². The van der Waals surface area contributed by atoms with Gasteiger partial charge in [0.05, 0.1) is 0 Å². The van der Waals surface area contributed by atoms with Gasteiger partial charge in [-0.25, -0.2) is 4.57 Å². The molecule has 0 heterocycles. The van der Waals surface area contributed by atoms with Gasteiger partial charge < -0.3 is 14.5 Å². The van der Waals surface area contributed by atoms with Crippen molar-refractivity contribution in [2.24, 2.45) is 0 Å². The van der Waals surface area contributed by atoms with Gasteiger partial charge in [0.15, 0.2) is 0 Å². The Hall–Kier alpha value is -0.710. The molecular formula is C18H31F2O5P2+. The smallest absolute Gasteiger partial charge is 0.338 e. The van der Waals surface area contributed by atoms with Crippen molar-refractivity contribution in [3.8, 4) is 0 Å². The summed E-state index contributed by atoms with van der Waals surface area (Å²) >= 11 is 0. The van der Waals surface area contributed by atoms with E-state index < -0.39 is 26.6 Å². The van der Waals surface area contributed by atoms with Gasteiger partial charge >= 0.3 is 20.8 Å². The summed E-state index contributed by atoms with van der Waals surface area (Å²) in [7, 11) is -8.29. The fraction of sp³-hybridized carbons (Fsp3) is 0.667. The van der Waals surface area contributed by atoms with Crippen LogP contribution >= 0.6 is 15.4 Å². The SMILES string of the molecule is COC(C/C=C(\C)CC/C=C(\C)CCC=C(C)C)[P+](=O)C(F)(F)P(=O)(O)O. The van der Waals surface area contributed by atoms with Crippen LogP contribution in [0.1, 0.15) is 59.8 Å². The molecule has 0 saturated carbocycles. The second-order valence-electron chi connectivity index (χ2n) is 6.77. The van der Waals surface area contributed by atoms with E-state index in [1.54, 1.807) is 6.08 Å². The van der Waals surface area contributed by atoms with Gasteiger partial charge in [-0.15, -0.1) is 8.78 Å². The number of hydrogen-bond donors (Lipinski definition) is 2. The quantitative estimate of drug-likeness (QED) is 0.281. The van der Waals surface area contributed by atoms with Gasteiger partial charge in [0.25, 0.3) is 5.85 Å². The predicted octanol–water partition coefficient (Wildman–Crippen LogP) is 6.32. The second-order valence-corrected chi connectivity index (χ2v) is 10.6. The van der Waals surface area contributed by atoms with E-state index in [0.29, 0.717) is 6.42 Å². The zero-order chi connectivity index (χ0) is 21.3. The summed E-state index contributed by atoms with van der Waals surface area (Å²) in [5.74, 6) is -1.46. The summed E-state index contributed by atoms with van der Waals surface area (Å²) in [4.78, 5) is 17.4. The molecule has 0 aliphatic carbocycles. The van der Waals surface area contributed by atoms with Crippen LogP contribution in [0.25, 0.3) is 0 Å². The van der Waals surface area contributed by atoms with Crippen molar-refractivity contribution in [2.45, 2.75) is 71.0 Å². The Bertz CT molecular complexity index is 632. The van der Waals surface area contributed by atoms with Crippen LogP contribution < -0.4 is 0 Å². The molecule has 0 aliphatic rings. The van der Waals surface area contributed by atoms with E-state index >= 15 is 0 Å². The molecule has 0 aliphatic heterocycles. The molecule has 0 radical (unpaired) electrons. The molecule has 156 valence electrons. The molecule has 2 unspecified atom stereocenters. The number of allylic oxidation sites excluding steroid dienone is 5. The van der Waals surface area contributed by atoms with Gasteiger partial charge in [0.2, 0.25) is 0 Å². The van der Waals surface area contributed by atoms with Gasteiger partial charge in [-0.3, -0.25) is 0 Å². The lowest BCUT2D eigenvalue weighted by Gasteiger charge is -2.11. The highest BCUT2D eigenvalue weighted by atomic mass is 31.2. The normalized spacial score (nSPS) is 15.5. The molecule has 0 rings (SSSR count). The van der Waals surface area contributed by atoms with E-state index in [4.69, 9.17) is 14.5 Å². The minimum atomic E-state index is -5.81. The third-order valence-corrected chi connectivity index (χ3v) is 7.49. The largest absolute Gasteiger partial charge is 0.545 e. The Labute approximate surface area is 161 Å². The molecule has 5 nitrogen and oxygen atoms in total. The molecular weight excluding hydrogens is 396 g/mol. The first-order chi connectivity index (χ1) is 12.3. The molecule has 2 N–H and O–H groups in total. The van der Waals surface area contributed by atoms with Crippen molar-refractivity contribution >= 4 is 15.4 Å². The van der Waals surface area contributed by atoms with Crippen LogP contribution in [-0.2, 0) is 13.9 Å². The molecule has 0 saturated heterocycles. The van der Waals surface area contributed by atoms with Gasteiger partial charge in [0.1, 0.15) is 0 Å². The fourth-order valence-electron chi connectivity index (χ4n) is 2.23. The number of hydrogen-bond acceptors (Lipinski definition) is 3. The number of halogens is 2. The van der Waals surface area contributed by atoms with E-state index in [1.165, 1.54) is 11.1 Å². The Kier molecular flexibility index (Phi) is 11.7. The molecule has 0 spiro atoms. The highest BCUT2D eigenvalue weighted by Gasteiger charge is 2.69. The second kappa shape index (κ2) is 12.0. The number of methoxy groups -OCH3 is 1. The summed E-state index contributed by atoms with van der Waals surface area (Å²) in [6.07, 6.45) is 9.33. The van der Waals surface area contributed by atoms with Crippen molar-refractivity contribution < 1.29 is 32.4 Å². The maximum atomic E-state index is 13.6. The number of alkyl halides is 2. The highest BCUT2D eigenvalue weighted by Crippen LogP contribution is 2.66. The summed E-state index contributed by atoms with van der Waals surface area (Å²) in [5.41, 5.74) is 3.48. The average Bonchev–Trinajstić information content (AvgIpc) is 2.53. The van der Waals surface area contributed by atoms with Crippen LogP contribution in [0.3, 0.4) is 0 Å². The van der Waals surface area contributed by atoms with Crippen molar-refractivity contribution in [1.82, 2.24) is 0 Å². The molecule has 0 aromatic heterocycles. The first kappa shape index (κ1) is 26.3. The zero-order valence-corrected chi connectivity index (χ0v) is 18.4. The standard InChI is InChI=1S/C18H30F2O5P2/c1-14(2)8-6-9-15(3)10-7-11-16(4)12-13-17(25-5)26(21)18(19,20)27(22,23)24/h8,10,12,17H,6-7,9,11,13H2,1-5H3,(H-,22,23,24)/p+1/b15-10+,16-12+. The summed E-state index contributed by atoms with van der Waals surface area (Å²) in [5, 5.41) is -4.60. The average molecular weight is 427 g/mol. The van der Waals surface area contributed by atoms with E-state index in [0.717, 1.165) is 31.9 Å². The van der Waals surface area contributed by atoms with Crippen molar-refractivity contribution in [1.29, 1.82) is 0 Å². The lowest BCUT2D eigenvalue weighted by molar-refractivity contribution is 0.117. The van der Waals surface area contributed by atoms with Gasteiger partial charge in [-0.1, -0.05) is 39.5 Å². The molecule has 0 aromatic rings. The summed E-state index contributed by atoms with van der Waals surface area (Å²) in [6, 6.07) is 0. The van der Waals surface area contributed by atoms with E-state index in [1.807, 2.05) is 6.92 Å². The maximum absolute atomic E-state index is 13.6. The predicted molar refractivity (Wildman–Crippen MR) is 105 cm³/mol. The van der Waals surface area contributed by atoms with Gasteiger partial charge in [-0.05, 0) is 53.4 Å². The minimum Gasteiger partial charge on any atom is -0.338 e. The molecule has 0 fully saturated rings. The zero-order valence-electron chi connectivity index (χ0n) is 16.6. The van der Waals surface area contributed by atoms with Crippen molar-refractivity contribution in [3.63, 3.8) is 0 Å². The first-order valence-electron chi connectivity index (χ1n) is 8.70. The third-order valence-electron chi connectivity index (χ3n) is 3.94.